The van der Waals surface area contributed by atoms with Crippen molar-refractivity contribution in [1.82, 2.24) is 4.90 Å². The fourth-order valence-electron chi connectivity index (χ4n) is 2.87. The van der Waals surface area contributed by atoms with Crippen LogP contribution in [0.5, 0.6) is 0 Å². The van der Waals surface area contributed by atoms with Crippen LogP contribution in [0.4, 0.5) is 0 Å². The maximum atomic E-state index is 12.8. The van der Waals surface area contributed by atoms with E-state index in [1.54, 1.807) is 7.11 Å². The van der Waals surface area contributed by atoms with Gasteiger partial charge in [0.05, 0.1) is 6.04 Å². The average molecular weight is 307 g/mol. The molecule has 3 nitrogen and oxygen atoms in total. The quantitative estimate of drug-likeness (QED) is 0.835. The van der Waals surface area contributed by atoms with Crippen LogP contribution in [0, 0.1) is 5.92 Å². The number of ether oxygens (including phenoxy) is 1. The highest BCUT2D eigenvalue weighted by Crippen LogP contribution is 2.36. The van der Waals surface area contributed by atoms with E-state index in [9.17, 15) is 4.79 Å². The molecule has 1 fully saturated rings. The number of benzene rings is 1. The summed E-state index contributed by atoms with van der Waals surface area (Å²) in [6, 6.07) is 10.6. The van der Waals surface area contributed by atoms with Gasteiger partial charge in [0.1, 0.15) is 0 Å². The van der Waals surface area contributed by atoms with Crippen LogP contribution in [0.15, 0.2) is 30.3 Å². The van der Waals surface area contributed by atoms with Gasteiger partial charge in [0, 0.05) is 37.2 Å². The van der Waals surface area contributed by atoms with Crippen LogP contribution < -0.4 is 0 Å². The molecule has 21 heavy (non-hydrogen) atoms. The highest BCUT2D eigenvalue weighted by atomic mass is 32.2. The summed E-state index contributed by atoms with van der Waals surface area (Å²) in [6.07, 6.45) is 0.787. The van der Waals surface area contributed by atoms with Gasteiger partial charge in [-0.1, -0.05) is 44.2 Å². The molecule has 1 heterocycles. The summed E-state index contributed by atoms with van der Waals surface area (Å²) >= 11 is 1.95. The van der Waals surface area contributed by atoms with Gasteiger partial charge in [-0.15, -0.1) is 0 Å². The van der Waals surface area contributed by atoms with Crippen LogP contribution >= 0.6 is 11.8 Å². The van der Waals surface area contributed by atoms with Gasteiger partial charge >= 0.3 is 0 Å². The van der Waals surface area contributed by atoms with E-state index in [0.717, 1.165) is 18.7 Å². The Balaban J connectivity index is 2.16. The number of nitrogens with zero attached hydrogens (tertiary/aromatic N) is 1. The lowest BCUT2D eigenvalue weighted by atomic mass is 9.99. The molecule has 0 aliphatic carbocycles. The minimum Gasteiger partial charge on any atom is -0.385 e. The second kappa shape index (κ2) is 7.85. The van der Waals surface area contributed by atoms with Crippen molar-refractivity contribution in [3.05, 3.63) is 35.9 Å². The summed E-state index contributed by atoms with van der Waals surface area (Å²) in [6.45, 7) is 5.71. The molecule has 1 aliphatic heterocycles. The lowest BCUT2D eigenvalue weighted by Gasteiger charge is -2.41. The Bertz CT molecular complexity index is 451. The smallest absolute Gasteiger partial charge is 0.226 e. The van der Waals surface area contributed by atoms with Crippen LogP contribution in [-0.2, 0) is 9.53 Å². The van der Waals surface area contributed by atoms with E-state index in [0.29, 0.717) is 11.9 Å². The van der Waals surface area contributed by atoms with Gasteiger partial charge in [0.15, 0.2) is 0 Å². The normalized spacial score (nSPS) is 23.9. The topological polar surface area (TPSA) is 29.5 Å². The molecule has 0 aromatic heterocycles. The zero-order valence-corrected chi connectivity index (χ0v) is 13.9. The lowest BCUT2D eigenvalue weighted by molar-refractivity contribution is -0.138. The van der Waals surface area contributed by atoms with Gasteiger partial charge in [0.2, 0.25) is 5.91 Å². The predicted molar refractivity (Wildman–Crippen MR) is 88.5 cm³/mol. The molecule has 0 N–H and O–H groups in total. The minimum absolute atomic E-state index is 0.0199. The fourth-order valence-corrected chi connectivity index (χ4v) is 4.03. The van der Waals surface area contributed by atoms with Crippen molar-refractivity contribution in [2.75, 3.05) is 26.0 Å². The molecule has 1 aromatic carbocycles. The van der Waals surface area contributed by atoms with E-state index < -0.39 is 0 Å². The van der Waals surface area contributed by atoms with Gasteiger partial charge in [-0.25, -0.2) is 0 Å². The Kier molecular flexibility index (Phi) is 6.12. The first-order chi connectivity index (χ1) is 10.1. The largest absolute Gasteiger partial charge is 0.385 e. The second-order valence-electron chi connectivity index (χ2n) is 5.65. The third-order valence-electron chi connectivity index (χ3n) is 4.09. The molecule has 1 saturated heterocycles. The summed E-state index contributed by atoms with van der Waals surface area (Å²) in [4.78, 5) is 14.9. The zero-order valence-electron chi connectivity index (χ0n) is 13.1. The molecule has 0 radical (unpaired) electrons. The number of thioether (sulfide) groups is 1. The van der Waals surface area contributed by atoms with E-state index in [1.165, 1.54) is 5.56 Å². The van der Waals surface area contributed by atoms with Crippen LogP contribution in [0.1, 0.15) is 31.9 Å². The van der Waals surface area contributed by atoms with Crippen molar-refractivity contribution in [2.24, 2.45) is 5.92 Å². The van der Waals surface area contributed by atoms with Gasteiger partial charge in [-0.2, -0.15) is 11.8 Å². The first-order valence-corrected chi connectivity index (χ1v) is 8.66. The molecule has 2 rings (SSSR count). The summed E-state index contributed by atoms with van der Waals surface area (Å²) in [5.41, 5.74) is 1.24. The maximum absolute atomic E-state index is 12.8. The van der Waals surface area contributed by atoms with Crippen molar-refractivity contribution in [3.63, 3.8) is 0 Å². The maximum Gasteiger partial charge on any atom is 0.226 e. The van der Waals surface area contributed by atoms with E-state index in [2.05, 4.69) is 36.1 Å². The summed E-state index contributed by atoms with van der Waals surface area (Å²) in [5.74, 6) is 1.30. The molecule has 3 atom stereocenters. The van der Waals surface area contributed by atoms with Crippen molar-refractivity contribution in [3.8, 4) is 0 Å². The Morgan fingerprint density at radius 3 is 2.81 bits per heavy atom. The summed E-state index contributed by atoms with van der Waals surface area (Å²) < 4.78 is 5.11. The molecular formula is C17H25NO2S. The molecule has 116 valence electrons. The fraction of sp³-hybridized carbons (Fsp3) is 0.588. The summed E-state index contributed by atoms with van der Waals surface area (Å²) in [7, 11) is 1.68. The van der Waals surface area contributed by atoms with Crippen LogP contribution in [-0.4, -0.2) is 42.1 Å². The van der Waals surface area contributed by atoms with Crippen molar-refractivity contribution < 1.29 is 9.53 Å². The molecule has 1 amide bonds. The minimum atomic E-state index is 0.0199. The first kappa shape index (κ1) is 16.4. The van der Waals surface area contributed by atoms with E-state index in [-0.39, 0.29) is 17.9 Å². The van der Waals surface area contributed by atoms with Crippen LogP contribution in [0.3, 0.4) is 0 Å². The Hall–Kier alpha value is -1.00. The zero-order chi connectivity index (χ0) is 15.2. The Labute approximate surface area is 132 Å². The number of methoxy groups -OCH3 is 1. The van der Waals surface area contributed by atoms with Gasteiger partial charge in [0.25, 0.3) is 0 Å². The van der Waals surface area contributed by atoms with Gasteiger partial charge < -0.3 is 9.64 Å². The molecule has 0 unspecified atom stereocenters. The molecule has 1 aromatic rings. The SMILES string of the molecule is COCC[C@H](C)C(=O)N1CCS[C@@H](C)[C@H]1c1ccccc1. The Morgan fingerprint density at radius 1 is 1.43 bits per heavy atom. The average Bonchev–Trinajstić information content (AvgIpc) is 2.52. The molecule has 1 aliphatic rings. The predicted octanol–water partition coefficient (Wildman–Crippen LogP) is 3.36. The number of carbonyl (C=O) groups is 1. The third kappa shape index (κ3) is 4.01. The van der Waals surface area contributed by atoms with Gasteiger partial charge in [-0.05, 0) is 12.0 Å². The van der Waals surface area contributed by atoms with Crippen LogP contribution in [0.2, 0.25) is 0 Å². The van der Waals surface area contributed by atoms with Crippen molar-refractivity contribution in [2.45, 2.75) is 31.6 Å². The van der Waals surface area contributed by atoms with Crippen LogP contribution in [0.25, 0.3) is 0 Å². The monoisotopic (exact) mass is 307 g/mol. The van der Waals surface area contributed by atoms with Gasteiger partial charge in [-0.3, -0.25) is 4.79 Å². The number of hydrogen-bond donors (Lipinski definition) is 0. The lowest BCUT2D eigenvalue weighted by Crippen LogP contribution is -2.46. The number of rotatable bonds is 5. The van der Waals surface area contributed by atoms with Crippen molar-refractivity contribution in [1.29, 1.82) is 0 Å². The molecule has 4 heteroatoms. The highest BCUT2D eigenvalue weighted by Gasteiger charge is 2.34. The van der Waals surface area contributed by atoms with Crippen molar-refractivity contribution >= 4 is 17.7 Å². The molecular weight excluding hydrogens is 282 g/mol. The standard InChI is InChI=1S/C17H25NO2S/c1-13(9-11-20-3)17(19)18-10-12-21-14(2)16(18)15-7-5-4-6-8-15/h4-8,13-14,16H,9-12H2,1-3H3/t13-,14-,16-/m0/s1. The second-order valence-corrected chi connectivity index (χ2v) is 7.13. The molecule has 0 bridgehead atoms. The third-order valence-corrected chi connectivity index (χ3v) is 5.30. The number of hydrogen-bond acceptors (Lipinski definition) is 3. The van der Waals surface area contributed by atoms with E-state index in [1.807, 2.05) is 24.8 Å². The first-order valence-electron chi connectivity index (χ1n) is 7.61. The molecule has 0 saturated carbocycles. The summed E-state index contributed by atoms with van der Waals surface area (Å²) in [5, 5.41) is 0.430. The highest BCUT2D eigenvalue weighted by molar-refractivity contribution is 8.00. The van der Waals surface area contributed by atoms with E-state index >= 15 is 0 Å². The number of carbonyl (C=O) groups excluding carboxylic acids is 1. The number of amides is 1. The molecule has 0 spiro atoms. The Morgan fingerprint density at radius 2 is 2.14 bits per heavy atom. The van der Waals surface area contributed by atoms with E-state index in [4.69, 9.17) is 4.74 Å².